The average molecular weight is 498 g/mol. The van der Waals surface area contributed by atoms with E-state index < -0.39 is 18.2 Å². The monoisotopic (exact) mass is 497 g/mol. The number of carbonyl (C=O) groups is 2. The highest BCUT2D eigenvalue weighted by molar-refractivity contribution is 7.21. The molecule has 8 nitrogen and oxygen atoms in total. The number of nitrogens with one attached hydrogen (secondary N) is 1. The van der Waals surface area contributed by atoms with Gasteiger partial charge in [-0.3, -0.25) is 9.59 Å². The van der Waals surface area contributed by atoms with Crippen molar-refractivity contribution in [3.63, 3.8) is 0 Å². The van der Waals surface area contributed by atoms with Crippen molar-refractivity contribution in [1.29, 1.82) is 0 Å². The third kappa shape index (κ3) is 4.59. The van der Waals surface area contributed by atoms with Crippen molar-refractivity contribution in [1.82, 2.24) is 14.8 Å². The smallest absolute Gasteiger partial charge is 0.280 e. The number of alkyl halides is 2. The molecule has 11 heteroatoms. The van der Waals surface area contributed by atoms with Crippen LogP contribution in [0.5, 0.6) is 5.75 Å². The second-order valence-corrected chi connectivity index (χ2v) is 9.29. The molecule has 5 rings (SSSR count). The summed E-state index contributed by atoms with van der Waals surface area (Å²) in [6, 6.07) is 10.4. The molecule has 0 bridgehead atoms. The molecule has 3 aromatic heterocycles. The van der Waals surface area contributed by atoms with E-state index in [1.165, 1.54) is 16.8 Å². The van der Waals surface area contributed by atoms with Gasteiger partial charge in [-0.25, -0.2) is 18.4 Å². The number of aryl methyl sites for hydroxylation is 1. The molecule has 2 amide bonds. The minimum absolute atomic E-state index is 0.0523. The van der Waals surface area contributed by atoms with Crippen molar-refractivity contribution in [3.8, 4) is 5.75 Å². The Morgan fingerprint density at radius 3 is 2.74 bits per heavy atom. The van der Waals surface area contributed by atoms with E-state index >= 15 is 0 Å². The van der Waals surface area contributed by atoms with Crippen molar-refractivity contribution >= 4 is 39.1 Å². The van der Waals surface area contributed by atoms with Gasteiger partial charge in [0.25, 0.3) is 18.2 Å². The van der Waals surface area contributed by atoms with Gasteiger partial charge in [0.15, 0.2) is 12.4 Å². The first-order chi connectivity index (χ1) is 16.8. The summed E-state index contributed by atoms with van der Waals surface area (Å²) in [5, 5.41) is 7.45. The third-order valence-electron chi connectivity index (χ3n) is 5.73. The SMILES string of the molecule is Cc1ccccc1OCn1ccc(C(=O)Nc2c(C(N)=O)sc3nc(C(F)F)cc(C4CC4)c23)n1. The summed E-state index contributed by atoms with van der Waals surface area (Å²) in [6.07, 6.45) is 0.518. The van der Waals surface area contributed by atoms with Crippen LogP contribution in [0.3, 0.4) is 0 Å². The third-order valence-corrected chi connectivity index (χ3v) is 6.83. The van der Waals surface area contributed by atoms with Gasteiger partial charge >= 0.3 is 0 Å². The van der Waals surface area contributed by atoms with Crippen molar-refractivity contribution in [2.75, 3.05) is 5.32 Å². The summed E-state index contributed by atoms with van der Waals surface area (Å²) < 4.78 is 34.0. The number of primary amides is 1. The first-order valence-corrected chi connectivity index (χ1v) is 11.7. The van der Waals surface area contributed by atoms with Gasteiger partial charge in [-0.05, 0) is 55.0 Å². The highest BCUT2D eigenvalue weighted by Gasteiger charge is 2.32. The molecule has 1 aromatic carbocycles. The first kappa shape index (κ1) is 22.9. The Labute approximate surface area is 202 Å². The summed E-state index contributed by atoms with van der Waals surface area (Å²) in [6.45, 7) is 2.02. The number of hydrogen-bond acceptors (Lipinski definition) is 6. The largest absolute Gasteiger partial charge is 0.471 e. The van der Waals surface area contributed by atoms with E-state index in [1.807, 2.05) is 31.2 Å². The van der Waals surface area contributed by atoms with Gasteiger partial charge in [-0.2, -0.15) is 5.10 Å². The molecule has 1 aliphatic rings. The molecule has 0 unspecified atom stereocenters. The number of nitrogens with zero attached hydrogens (tertiary/aromatic N) is 3. The number of rotatable bonds is 8. The fourth-order valence-corrected chi connectivity index (χ4v) is 4.88. The lowest BCUT2D eigenvalue weighted by molar-refractivity contribution is 0.100. The van der Waals surface area contributed by atoms with Crippen LogP contribution in [0.15, 0.2) is 42.6 Å². The number of aromatic nitrogens is 3. The standard InChI is InChI=1S/C24H21F2N5O3S/c1-12-4-2-3-5-17(12)34-11-31-9-8-15(30-31)23(33)29-19-18-14(13-6-7-13)10-16(21(25)26)28-24(18)35-20(19)22(27)32/h2-5,8-10,13,21H,6-7,11H2,1H3,(H2,27,32)(H,29,33). The van der Waals surface area contributed by atoms with Gasteiger partial charge in [-0.15, -0.1) is 11.3 Å². The van der Waals surface area contributed by atoms with Gasteiger partial charge in [0.05, 0.1) is 5.69 Å². The molecule has 180 valence electrons. The zero-order valence-corrected chi connectivity index (χ0v) is 19.4. The van der Waals surface area contributed by atoms with Crippen molar-refractivity contribution < 1.29 is 23.1 Å². The summed E-state index contributed by atoms with van der Waals surface area (Å²) in [5.41, 5.74) is 7.08. The molecule has 3 heterocycles. The Kier molecular flexibility index (Phi) is 5.93. The Morgan fingerprint density at radius 2 is 2.06 bits per heavy atom. The van der Waals surface area contributed by atoms with Gasteiger partial charge in [0.1, 0.15) is 21.2 Å². The number of amides is 2. The lowest BCUT2D eigenvalue weighted by atomic mass is 10.0. The number of halogens is 2. The Balaban J connectivity index is 1.43. The number of fused-ring (bicyclic) bond motifs is 1. The molecular weight excluding hydrogens is 476 g/mol. The van der Waals surface area contributed by atoms with Crippen LogP contribution in [-0.2, 0) is 6.73 Å². The average Bonchev–Trinajstić information content (AvgIpc) is 3.45. The molecule has 1 aliphatic carbocycles. The van der Waals surface area contributed by atoms with E-state index in [9.17, 15) is 18.4 Å². The van der Waals surface area contributed by atoms with Crippen LogP contribution in [0.4, 0.5) is 14.5 Å². The number of thiophene rings is 1. The maximum Gasteiger partial charge on any atom is 0.280 e. The molecule has 0 atom stereocenters. The molecule has 1 saturated carbocycles. The maximum absolute atomic E-state index is 13.4. The summed E-state index contributed by atoms with van der Waals surface area (Å²) >= 11 is 0.893. The topological polar surface area (TPSA) is 112 Å². The minimum atomic E-state index is -2.75. The van der Waals surface area contributed by atoms with Crippen LogP contribution in [0.1, 0.15) is 62.2 Å². The highest BCUT2D eigenvalue weighted by atomic mass is 32.1. The predicted octanol–water partition coefficient (Wildman–Crippen LogP) is 5.00. The van der Waals surface area contributed by atoms with Gasteiger partial charge in [-0.1, -0.05) is 18.2 Å². The zero-order valence-electron chi connectivity index (χ0n) is 18.6. The van der Waals surface area contributed by atoms with E-state index in [2.05, 4.69) is 15.4 Å². The van der Waals surface area contributed by atoms with Gasteiger partial charge in [0, 0.05) is 11.6 Å². The maximum atomic E-state index is 13.4. The van der Waals surface area contributed by atoms with E-state index in [-0.39, 0.29) is 39.4 Å². The minimum Gasteiger partial charge on any atom is -0.471 e. The molecule has 35 heavy (non-hydrogen) atoms. The van der Waals surface area contributed by atoms with Crippen molar-refractivity contribution in [3.05, 3.63) is 70.0 Å². The molecule has 0 spiro atoms. The van der Waals surface area contributed by atoms with Crippen LogP contribution < -0.4 is 15.8 Å². The van der Waals surface area contributed by atoms with Gasteiger partial charge in [0.2, 0.25) is 0 Å². The second kappa shape index (κ2) is 9.06. The fraction of sp³-hybridized carbons (Fsp3) is 0.250. The molecule has 0 aliphatic heterocycles. The van der Waals surface area contributed by atoms with Crippen LogP contribution >= 0.6 is 11.3 Å². The van der Waals surface area contributed by atoms with E-state index in [0.717, 1.165) is 29.7 Å². The molecule has 0 radical (unpaired) electrons. The molecule has 0 saturated heterocycles. The quantitative estimate of drug-likeness (QED) is 0.356. The van der Waals surface area contributed by atoms with E-state index in [4.69, 9.17) is 10.5 Å². The lowest BCUT2D eigenvalue weighted by Crippen LogP contribution is -2.18. The van der Waals surface area contributed by atoms with E-state index in [0.29, 0.717) is 16.7 Å². The number of pyridine rings is 1. The van der Waals surface area contributed by atoms with Crippen LogP contribution in [-0.4, -0.2) is 26.6 Å². The lowest BCUT2D eigenvalue weighted by Gasteiger charge is -2.10. The Morgan fingerprint density at radius 1 is 1.29 bits per heavy atom. The van der Waals surface area contributed by atoms with Gasteiger partial charge < -0.3 is 15.8 Å². The number of benzene rings is 1. The highest BCUT2D eigenvalue weighted by Crippen LogP contribution is 2.48. The Hall–Kier alpha value is -3.86. The second-order valence-electron chi connectivity index (χ2n) is 8.30. The Bertz CT molecular complexity index is 1440. The molecule has 4 aromatic rings. The summed E-state index contributed by atoms with van der Waals surface area (Å²) in [4.78, 5) is 29.5. The van der Waals surface area contributed by atoms with Crippen molar-refractivity contribution in [2.24, 2.45) is 5.73 Å². The summed E-state index contributed by atoms with van der Waals surface area (Å²) in [5.74, 6) is -0.572. The summed E-state index contributed by atoms with van der Waals surface area (Å²) in [7, 11) is 0. The van der Waals surface area contributed by atoms with Crippen LogP contribution in [0.25, 0.3) is 10.2 Å². The number of hydrogen-bond donors (Lipinski definition) is 2. The zero-order chi connectivity index (χ0) is 24.7. The first-order valence-electron chi connectivity index (χ1n) is 10.9. The number of para-hydroxylation sites is 1. The van der Waals surface area contributed by atoms with Crippen LogP contribution in [0.2, 0.25) is 0 Å². The predicted molar refractivity (Wildman–Crippen MR) is 127 cm³/mol. The van der Waals surface area contributed by atoms with Crippen molar-refractivity contribution in [2.45, 2.75) is 38.8 Å². The van der Waals surface area contributed by atoms with Crippen LogP contribution in [0, 0.1) is 6.92 Å². The fourth-order valence-electron chi connectivity index (χ4n) is 3.85. The van der Waals surface area contributed by atoms with E-state index in [1.54, 1.807) is 6.20 Å². The molecule has 3 N–H and O–H groups in total. The number of ether oxygens (including phenoxy) is 1. The number of carbonyl (C=O) groups excluding carboxylic acids is 2. The molecular formula is C24H21F2N5O3S. The number of anilines is 1. The number of nitrogens with two attached hydrogens (primary N) is 1. The molecule has 1 fully saturated rings. The normalized spacial score (nSPS) is 13.4.